The van der Waals surface area contributed by atoms with Crippen LogP contribution >= 0.6 is 0 Å². The molecule has 0 spiro atoms. The summed E-state index contributed by atoms with van der Waals surface area (Å²) in [4.78, 5) is 11.2. The highest BCUT2D eigenvalue weighted by Crippen LogP contribution is 2.07. The Morgan fingerprint density at radius 2 is 1.94 bits per heavy atom. The molecule has 0 bridgehead atoms. The van der Waals surface area contributed by atoms with Crippen molar-refractivity contribution in [3.63, 3.8) is 0 Å². The van der Waals surface area contributed by atoms with Crippen LogP contribution in [0.5, 0.6) is 0 Å². The van der Waals surface area contributed by atoms with Gasteiger partial charge in [0.1, 0.15) is 0 Å². The maximum Gasteiger partial charge on any atom is 0.308 e. The van der Waals surface area contributed by atoms with Gasteiger partial charge in [-0.05, 0) is 20.3 Å². The monoisotopic (exact) mass is 249 g/mol. The molecule has 1 N–H and O–H groups in total. The molecule has 0 aliphatic rings. The molecule has 0 aliphatic heterocycles. The normalized spacial score (nSPS) is 18.6. The van der Waals surface area contributed by atoms with Crippen molar-refractivity contribution < 1.29 is 13.7 Å². The fourth-order valence-corrected chi connectivity index (χ4v) is 1.73. The average molecular weight is 249 g/mol. The number of carbonyl (C=O) groups is 1. The van der Waals surface area contributed by atoms with Gasteiger partial charge in [0, 0.05) is 34.9 Å². The van der Waals surface area contributed by atoms with Gasteiger partial charge in [0.05, 0.1) is 13.0 Å². The van der Waals surface area contributed by atoms with E-state index in [9.17, 15) is 9.00 Å². The summed E-state index contributed by atoms with van der Waals surface area (Å²) < 4.78 is 15.8. The van der Waals surface area contributed by atoms with Crippen LogP contribution in [0.25, 0.3) is 0 Å². The van der Waals surface area contributed by atoms with Gasteiger partial charge in [-0.25, -0.2) is 0 Å². The first-order valence-corrected chi connectivity index (χ1v) is 7.14. The minimum atomic E-state index is -0.804. The number of hydrogen-bond acceptors (Lipinski definition) is 4. The molecule has 0 saturated heterocycles. The van der Waals surface area contributed by atoms with Crippen LogP contribution in [0.3, 0.4) is 0 Å². The third-order valence-electron chi connectivity index (χ3n) is 2.63. The minimum Gasteiger partial charge on any atom is -0.469 e. The van der Waals surface area contributed by atoms with Gasteiger partial charge in [-0.15, -0.1) is 0 Å². The molecule has 0 radical (unpaired) electrons. The van der Waals surface area contributed by atoms with Crippen molar-refractivity contribution in [1.82, 2.24) is 5.32 Å². The van der Waals surface area contributed by atoms with Gasteiger partial charge in [0.2, 0.25) is 0 Å². The molecule has 0 aromatic heterocycles. The van der Waals surface area contributed by atoms with E-state index in [1.807, 2.05) is 20.8 Å². The number of esters is 1. The van der Waals surface area contributed by atoms with E-state index in [1.165, 1.54) is 7.11 Å². The number of rotatable bonds is 7. The highest BCUT2D eigenvalue weighted by molar-refractivity contribution is 7.84. The molecule has 4 nitrogen and oxygen atoms in total. The summed E-state index contributed by atoms with van der Waals surface area (Å²) in [6.07, 6.45) is 2.43. The summed E-state index contributed by atoms with van der Waals surface area (Å²) in [7, 11) is 0.598. The molecule has 0 amide bonds. The van der Waals surface area contributed by atoms with E-state index in [1.54, 1.807) is 6.26 Å². The Labute approximate surface area is 101 Å². The van der Waals surface area contributed by atoms with Crippen molar-refractivity contribution in [2.24, 2.45) is 5.92 Å². The summed E-state index contributed by atoms with van der Waals surface area (Å²) in [6, 6.07) is 0.222. The predicted molar refractivity (Wildman–Crippen MR) is 66.8 cm³/mol. The fourth-order valence-electron chi connectivity index (χ4n) is 1.40. The molecule has 0 aromatic carbocycles. The van der Waals surface area contributed by atoms with Crippen LogP contribution < -0.4 is 5.32 Å². The number of nitrogens with one attached hydrogen (secondary N) is 1. The van der Waals surface area contributed by atoms with Crippen LogP contribution in [-0.2, 0) is 20.3 Å². The lowest BCUT2D eigenvalue weighted by Crippen LogP contribution is -2.36. The Kier molecular flexibility index (Phi) is 7.58. The van der Waals surface area contributed by atoms with E-state index >= 15 is 0 Å². The molecular formula is C11H23NO3S. The molecule has 0 rings (SSSR count). The molecule has 4 unspecified atom stereocenters. The first-order chi connectivity index (χ1) is 7.38. The predicted octanol–water partition coefficient (Wildman–Crippen LogP) is 0.931. The maximum absolute atomic E-state index is 11.2. The molecular weight excluding hydrogens is 226 g/mol. The summed E-state index contributed by atoms with van der Waals surface area (Å²) in [5.41, 5.74) is 0. The second kappa shape index (κ2) is 7.79. The minimum absolute atomic E-state index is 0.102. The molecule has 0 heterocycles. The Balaban J connectivity index is 3.86. The van der Waals surface area contributed by atoms with E-state index in [2.05, 4.69) is 10.1 Å². The zero-order valence-corrected chi connectivity index (χ0v) is 11.6. The Hall–Kier alpha value is -0.420. The molecule has 0 aromatic rings. The maximum atomic E-state index is 11.2. The largest absolute Gasteiger partial charge is 0.469 e. The lowest BCUT2D eigenvalue weighted by molar-refractivity contribution is -0.145. The summed E-state index contributed by atoms with van der Waals surface area (Å²) in [5, 5.41) is 3.41. The quantitative estimate of drug-likeness (QED) is 0.682. The topological polar surface area (TPSA) is 55.4 Å². The number of carbonyl (C=O) groups excluding carboxylic acids is 1. The van der Waals surface area contributed by atoms with Crippen LogP contribution in [0.2, 0.25) is 0 Å². The van der Waals surface area contributed by atoms with Gasteiger partial charge in [-0.3, -0.25) is 9.00 Å². The van der Waals surface area contributed by atoms with Crippen LogP contribution in [0.1, 0.15) is 27.2 Å². The van der Waals surface area contributed by atoms with Gasteiger partial charge >= 0.3 is 5.97 Å². The van der Waals surface area contributed by atoms with Gasteiger partial charge in [-0.1, -0.05) is 6.92 Å². The first kappa shape index (κ1) is 15.6. The summed E-state index contributed by atoms with van der Waals surface area (Å²) in [5.74, 6) is -0.282. The fraction of sp³-hybridized carbons (Fsp3) is 0.909. The molecule has 96 valence electrons. The molecule has 0 aliphatic carbocycles. The molecule has 0 saturated carbocycles. The molecule has 16 heavy (non-hydrogen) atoms. The standard InChI is InChI=1S/C11H23NO3S/c1-8(11(13)15-4)6-9(2)12-7-10(3)16(5)14/h8-10,12H,6-7H2,1-5H3. The van der Waals surface area contributed by atoms with E-state index in [4.69, 9.17) is 0 Å². The Morgan fingerprint density at radius 3 is 2.38 bits per heavy atom. The molecule has 0 fully saturated rings. The third-order valence-corrected chi connectivity index (χ3v) is 3.93. The average Bonchev–Trinajstić information content (AvgIpc) is 2.24. The van der Waals surface area contributed by atoms with Gasteiger partial charge in [0.15, 0.2) is 0 Å². The smallest absolute Gasteiger partial charge is 0.308 e. The van der Waals surface area contributed by atoms with Crippen LogP contribution in [-0.4, -0.2) is 41.4 Å². The Bertz CT molecular complexity index is 245. The van der Waals surface area contributed by atoms with Crippen molar-refractivity contribution in [3.05, 3.63) is 0 Å². The van der Waals surface area contributed by atoms with E-state index in [0.29, 0.717) is 6.54 Å². The molecule has 5 heteroatoms. The lowest BCUT2D eigenvalue weighted by atomic mass is 10.0. The van der Waals surface area contributed by atoms with E-state index < -0.39 is 10.8 Å². The number of hydrogen-bond donors (Lipinski definition) is 1. The molecule has 4 atom stereocenters. The van der Waals surface area contributed by atoms with E-state index in [0.717, 1.165) is 6.42 Å². The van der Waals surface area contributed by atoms with Gasteiger partial charge in [-0.2, -0.15) is 0 Å². The second-order valence-corrected chi connectivity index (χ2v) is 6.08. The van der Waals surface area contributed by atoms with Crippen molar-refractivity contribution >= 4 is 16.8 Å². The summed E-state index contributed by atoms with van der Waals surface area (Å²) in [6.45, 7) is 6.52. The van der Waals surface area contributed by atoms with Crippen molar-refractivity contribution in [1.29, 1.82) is 0 Å². The lowest BCUT2D eigenvalue weighted by Gasteiger charge is -2.18. The number of ether oxygens (including phenoxy) is 1. The highest BCUT2D eigenvalue weighted by Gasteiger charge is 2.17. The van der Waals surface area contributed by atoms with Crippen LogP contribution in [0.15, 0.2) is 0 Å². The number of methoxy groups -OCH3 is 1. The highest BCUT2D eigenvalue weighted by atomic mass is 32.2. The van der Waals surface area contributed by atoms with Crippen LogP contribution in [0.4, 0.5) is 0 Å². The van der Waals surface area contributed by atoms with Gasteiger partial charge < -0.3 is 10.1 Å². The third kappa shape index (κ3) is 6.23. The van der Waals surface area contributed by atoms with Crippen molar-refractivity contribution in [2.45, 2.75) is 38.5 Å². The first-order valence-electron chi connectivity index (χ1n) is 5.51. The van der Waals surface area contributed by atoms with Gasteiger partial charge in [0.25, 0.3) is 0 Å². The summed E-state index contributed by atoms with van der Waals surface area (Å²) >= 11 is 0. The van der Waals surface area contributed by atoms with E-state index in [-0.39, 0.29) is 23.2 Å². The van der Waals surface area contributed by atoms with Crippen molar-refractivity contribution in [3.8, 4) is 0 Å². The zero-order chi connectivity index (χ0) is 12.7. The van der Waals surface area contributed by atoms with Crippen LogP contribution in [0, 0.1) is 5.92 Å². The second-order valence-electron chi connectivity index (χ2n) is 4.28. The Morgan fingerprint density at radius 1 is 1.38 bits per heavy atom. The van der Waals surface area contributed by atoms with Crippen molar-refractivity contribution in [2.75, 3.05) is 19.9 Å². The zero-order valence-electron chi connectivity index (χ0n) is 10.8. The SMILES string of the molecule is COC(=O)C(C)CC(C)NCC(C)S(C)=O.